The quantitative estimate of drug-likeness (QED) is 0.810. The van der Waals surface area contributed by atoms with Crippen LogP contribution >= 0.6 is 11.6 Å². The number of aromatic nitrogens is 1. The molecule has 2 fully saturated rings. The molecule has 1 aromatic rings. The molecule has 3 N–H and O–H groups in total. The molecule has 0 saturated heterocycles. The number of halogens is 1. The number of hydrogen-bond acceptors (Lipinski definition) is 4. The first-order valence-corrected chi connectivity index (χ1v) is 7.81. The molecule has 5 nitrogen and oxygen atoms in total. The van der Waals surface area contributed by atoms with Gasteiger partial charge in [-0.1, -0.05) is 11.6 Å². The molecule has 1 aromatic heterocycles. The van der Waals surface area contributed by atoms with E-state index in [9.17, 15) is 4.79 Å². The molecule has 4 atom stereocenters. The van der Waals surface area contributed by atoms with Gasteiger partial charge in [-0.15, -0.1) is 0 Å². The summed E-state index contributed by atoms with van der Waals surface area (Å²) in [7, 11) is 0. The summed E-state index contributed by atoms with van der Waals surface area (Å²) in [5, 5.41) is 3.39. The minimum Gasteiger partial charge on any atom is -0.475 e. The maximum Gasteiger partial charge on any atom is 0.232 e. The number of carbonyl (C=O) groups is 1. The van der Waals surface area contributed by atoms with Crippen LogP contribution in [0.1, 0.15) is 19.3 Å². The first-order chi connectivity index (χ1) is 10.2. The van der Waals surface area contributed by atoms with Crippen molar-refractivity contribution in [3.63, 3.8) is 0 Å². The summed E-state index contributed by atoms with van der Waals surface area (Å²) in [4.78, 5) is 16.3. The van der Waals surface area contributed by atoms with Gasteiger partial charge in [-0.25, -0.2) is 4.98 Å². The highest BCUT2D eigenvalue weighted by molar-refractivity contribution is 6.31. The molecule has 21 heavy (non-hydrogen) atoms. The van der Waals surface area contributed by atoms with Crippen molar-refractivity contribution < 1.29 is 9.53 Å². The normalized spacial score (nSPS) is 30.4. The Hall–Kier alpha value is -1.33. The number of fused-ring (bicyclic) bond motifs is 2. The molecule has 4 unspecified atom stereocenters. The van der Waals surface area contributed by atoms with Gasteiger partial charge in [0.2, 0.25) is 11.8 Å². The lowest BCUT2D eigenvalue weighted by molar-refractivity contribution is -0.127. The predicted molar refractivity (Wildman–Crippen MR) is 80.0 cm³/mol. The molecule has 1 amide bonds. The van der Waals surface area contributed by atoms with Gasteiger partial charge in [-0.3, -0.25) is 4.79 Å². The first kappa shape index (κ1) is 14.6. The van der Waals surface area contributed by atoms with Gasteiger partial charge < -0.3 is 15.8 Å². The number of nitrogens with zero attached hydrogens (tertiary/aromatic N) is 1. The molecule has 0 radical (unpaired) electrons. The van der Waals surface area contributed by atoms with Crippen LogP contribution in [0.2, 0.25) is 5.02 Å². The van der Waals surface area contributed by atoms with Crippen molar-refractivity contribution in [2.45, 2.75) is 25.3 Å². The Morgan fingerprint density at radius 2 is 2.29 bits per heavy atom. The van der Waals surface area contributed by atoms with Crippen LogP contribution in [0.25, 0.3) is 0 Å². The lowest BCUT2D eigenvalue weighted by Crippen LogP contribution is -2.46. The molecule has 2 aliphatic carbocycles. The lowest BCUT2D eigenvalue weighted by atomic mass is 9.84. The zero-order chi connectivity index (χ0) is 14.8. The molecule has 0 aliphatic heterocycles. The fourth-order valence-corrected chi connectivity index (χ4v) is 3.82. The maximum atomic E-state index is 12.2. The Balaban J connectivity index is 1.44. The molecule has 2 saturated carbocycles. The molecular weight excluding hydrogens is 290 g/mol. The van der Waals surface area contributed by atoms with Gasteiger partial charge in [0.05, 0.1) is 12.5 Å². The van der Waals surface area contributed by atoms with Crippen LogP contribution in [0.5, 0.6) is 5.88 Å². The van der Waals surface area contributed by atoms with Crippen LogP contribution in [-0.2, 0) is 4.79 Å². The number of amides is 1. The molecule has 3 rings (SSSR count). The van der Waals surface area contributed by atoms with Gasteiger partial charge in [-0.2, -0.15) is 0 Å². The topological polar surface area (TPSA) is 77.2 Å². The highest BCUT2D eigenvalue weighted by atomic mass is 35.5. The Bertz CT molecular complexity index is 523. The summed E-state index contributed by atoms with van der Waals surface area (Å²) in [6.07, 6.45) is 5.04. The monoisotopic (exact) mass is 309 g/mol. The minimum absolute atomic E-state index is 0.0231. The second-order valence-corrected chi connectivity index (χ2v) is 6.27. The SMILES string of the molecule is NC1C2CCC(C2)C1C(=O)NCCOc1ncccc1Cl. The van der Waals surface area contributed by atoms with Crippen LogP contribution in [-0.4, -0.2) is 30.1 Å². The molecule has 0 aromatic carbocycles. The molecule has 114 valence electrons. The summed E-state index contributed by atoms with van der Waals surface area (Å²) in [6.45, 7) is 0.783. The fraction of sp³-hybridized carbons (Fsp3) is 0.600. The largest absolute Gasteiger partial charge is 0.475 e. The summed E-state index contributed by atoms with van der Waals surface area (Å²) >= 11 is 5.94. The third-order valence-electron chi connectivity index (χ3n) is 4.65. The van der Waals surface area contributed by atoms with Crippen LogP contribution in [0.15, 0.2) is 18.3 Å². The average molecular weight is 310 g/mol. The van der Waals surface area contributed by atoms with E-state index in [1.54, 1.807) is 18.3 Å². The first-order valence-electron chi connectivity index (χ1n) is 7.43. The number of nitrogens with one attached hydrogen (secondary N) is 1. The summed E-state index contributed by atoms with van der Waals surface area (Å²) in [5.74, 6) is 1.43. The number of hydrogen-bond donors (Lipinski definition) is 2. The van der Waals surface area contributed by atoms with Gasteiger partial charge >= 0.3 is 0 Å². The summed E-state index contributed by atoms with van der Waals surface area (Å²) in [5.41, 5.74) is 6.16. The van der Waals surface area contributed by atoms with Gasteiger partial charge in [-0.05, 0) is 43.2 Å². The van der Waals surface area contributed by atoms with E-state index in [1.165, 1.54) is 6.42 Å². The van der Waals surface area contributed by atoms with Gasteiger partial charge in [0.15, 0.2) is 0 Å². The molecule has 2 aliphatic rings. The van der Waals surface area contributed by atoms with Crippen LogP contribution in [0.3, 0.4) is 0 Å². The number of carbonyl (C=O) groups excluding carboxylic acids is 1. The third kappa shape index (κ3) is 2.99. The standard InChI is InChI=1S/C15H20ClN3O2/c16-11-2-1-5-19-15(11)21-7-6-18-14(20)12-9-3-4-10(8-9)13(12)17/h1-2,5,9-10,12-13H,3-4,6-8,17H2,(H,18,20). The van der Waals surface area contributed by atoms with E-state index < -0.39 is 0 Å². The third-order valence-corrected chi connectivity index (χ3v) is 4.94. The van der Waals surface area contributed by atoms with Gasteiger partial charge in [0.25, 0.3) is 0 Å². The van der Waals surface area contributed by atoms with E-state index >= 15 is 0 Å². The Kier molecular flexibility index (Phi) is 4.31. The van der Waals surface area contributed by atoms with E-state index in [4.69, 9.17) is 22.1 Å². The van der Waals surface area contributed by atoms with E-state index in [0.717, 1.165) is 12.8 Å². The van der Waals surface area contributed by atoms with Gasteiger partial charge in [0.1, 0.15) is 11.6 Å². The Labute approximate surface area is 129 Å². The highest BCUT2D eigenvalue weighted by Crippen LogP contribution is 2.47. The van der Waals surface area contributed by atoms with Crippen molar-refractivity contribution in [2.24, 2.45) is 23.5 Å². The van der Waals surface area contributed by atoms with Crippen molar-refractivity contribution in [1.82, 2.24) is 10.3 Å². The van der Waals surface area contributed by atoms with Crippen LogP contribution in [0, 0.1) is 17.8 Å². The van der Waals surface area contributed by atoms with Crippen molar-refractivity contribution in [3.8, 4) is 5.88 Å². The van der Waals surface area contributed by atoms with Crippen molar-refractivity contribution >= 4 is 17.5 Å². The molecule has 6 heteroatoms. The number of rotatable bonds is 5. The molecule has 0 spiro atoms. The minimum atomic E-state index is -0.0258. The zero-order valence-corrected chi connectivity index (χ0v) is 12.6. The highest BCUT2D eigenvalue weighted by Gasteiger charge is 2.48. The second-order valence-electron chi connectivity index (χ2n) is 5.87. The van der Waals surface area contributed by atoms with Crippen molar-refractivity contribution in [2.75, 3.05) is 13.2 Å². The van der Waals surface area contributed by atoms with Crippen molar-refractivity contribution in [3.05, 3.63) is 23.4 Å². The van der Waals surface area contributed by atoms with E-state index in [2.05, 4.69) is 10.3 Å². The Morgan fingerprint density at radius 3 is 3.00 bits per heavy atom. The predicted octanol–water partition coefficient (Wildman–Crippen LogP) is 1.60. The number of nitrogens with two attached hydrogens (primary N) is 1. The fourth-order valence-electron chi connectivity index (χ4n) is 3.64. The van der Waals surface area contributed by atoms with Crippen LogP contribution in [0.4, 0.5) is 0 Å². The number of ether oxygens (including phenoxy) is 1. The average Bonchev–Trinajstić information content (AvgIpc) is 3.06. The van der Waals surface area contributed by atoms with E-state index in [-0.39, 0.29) is 17.9 Å². The molecule has 1 heterocycles. The second kappa shape index (κ2) is 6.20. The van der Waals surface area contributed by atoms with Gasteiger partial charge in [0, 0.05) is 12.2 Å². The van der Waals surface area contributed by atoms with Crippen LogP contribution < -0.4 is 15.8 Å². The zero-order valence-electron chi connectivity index (χ0n) is 11.8. The van der Waals surface area contributed by atoms with E-state index in [1.807, 2.05) is 0 Å². The number of pyridine rings is 1. The molecular formula is C15H20ClN3O2. The maximum absolute atomic E-state index is 12.2. The van der Waals surface area contributed by atoms with E-state index in [0.29, 0.717) is 35.9 Å². The lowest BCUT2D eigenvalue weighted by Gasteiger charge is -2.26. The summed E-state index contributed by atoms with van der Waals surface area (Å²) in [6, 6.07) is 3.49. The van der Waals surface area contributed by atoms with Crippen molar-refractivity contribution in [1.29, 1.82) is 0 Å². The Morgan fingerprint density at radius 1 is 1.48 bits per heavy atom. The summed E-state index contributed by atoms with van der Waals surface area (Å²) < 4.78 is 5.45. The molecule has 2 bridgehead atoms. The smallest absolute Gasteiger partial charge is 0.232 e.